The molecule has 0 radical (unpaired) electrons. The largest absolute Gasteiger partial charge is 0.355 e. The van der Waals surface area contributed by atoms with Crippen LogP contribution in [0.5, 0.6) is 0 Å². The van der Waals surface area contributed by atoms with Gasteiger partial charge < -0.3 is 4.90 Å². The fourth-order valence-electron chi connectivity index (χ4n) is 2.02. The minimum absolute atomic E-state index is 0.665. The maximum atomic E-state index is 4.34. The lowest BCUT2D eigenvalue weighted by Crippen LogP contribution is -2.18. The van der Waals surface area contributed by atoms with Gasteiger partial charge in [0.05, 0.1) is 0 Å². The molecule has 0 N–H and O–H groups in total. The molecule has 0 aliphatic heterocycles. The lowest BCUT2D eigenvalue weighted by Gasteiger charge is -2.18. The van der Waals surface area contributed by atoms with Gasteiger partial charge in [0.25, 0.3) is 0 Å². The van der Waals surface area contributed by atoms with Crippen molar-refractivity contribution in [2.24, 2.45) is 0 Å². The van der Waals surface area contributed by atoms with Crippen LogP contribution < -0.4 is 4.90 Å². The predicted molar refractivity (Wildman–Crippen MR) is 70.4 cm³/mol. The van der Waals surface area contributed by atoms with Crippen LogP contribution in [0.25, 0.3) is 0 Å². The quantitative estimate of drug-likeness (QED) is 0.823. The van der Waals surface area contributed by atoms with Crippen molar-refractivity contribution in [3.63, 3.8) is 0 Å². The summed E-state index contributed by atoms with van der Waals surface area (Å²) in [6, 6.07) is 6.14. The summed E-state index contributed by atoms with van der Waals surface area (Å²) < 4.78 is 0. The zero-order valence-corrected chi connectivity index (χ0v) is 10.5. The second-order valence-corrected chi connectivity index (χ2v) is 4.79. The number of pyridine rings is 1. The van der Waals surface area contributed by atoms with Crippen molar-refractivity contribution >= 4 is 5.82 Å². The van der Waals surface area contributed by atoms with Crippen LogP contribution in [0.4, 0.5) is 5.82 Å². The highest BCUT2D eigenvalue weighted by molar-refractivity contribution is 5.40. The van der Waals surface area contributed by atoms with Crippen LogP contribution in [0.3, 0.4) is 0 Å². The molecule has 2 aromatic rings. The Labute approximate surface area is 107 Å². The summed E-state index contributed by atoms with van der Waals surface area (Å²) in [5.41, 5.74) is 2.37. The predicted octanol–water partition coefficient (Wildman–Crippen LogP) is 2.39. The number of hydrogen-bond acceptors (Lipinski definition) is 4. The van der Waals surface area contributed by atoms with E-state index >= 15 is 0 Å². The summed E-state index contributed by atoms with van der Waals surface area (Å²) in [6.45, 7) is 0.814. The topological polar surface area (TPSA) is 41.9 Å². The molecule has 4 nitrogen and oxygen atoms in total. The van der Waals surface area contributed by atoms with Crippen LogP contribution in [0.1, 0.15) is 30.0 Å². The highest BCUT2D eigenvalue weighted by Crippen LogP contribution is 2.39. The second kappa shape index (κ2) is 4.72. The molecule has 1 saturated carbocycles. The summed E-state index contributed by atoms with van der Waals surface area (Å²) in [5.74, 6) is 1.65. The third-order valence-corrected chi connectivity index (χ3v) is 3.20. The van der Waals surface area contributed by atoms with Gasteiger partial charge in [0.2, 0.25) is 0 Å². The Morgan fingerprint density at radius 3 is 2.94 bits per heavy atom. The molecule has 0 aromatic carbocycles. The summed E-state index contributed by atoms with van der Waals surface area (Å²) in [6.07, 6.45) is 7.88. The summed E-state index contributed by atoms with van der Waals surface area (Å²) >= 11 is 0. The molecule has 2 heterocycles. The van der Waals surface area contributed by atoms with Gasteiger partial charge in [-0.15, -0.1) is 0 Å². The minimum Gasteiger partial charge on any atom is -0.355 e. The van der Waals surface area contributed by atoms with Gasteiger partial charge >= 0.3 is 0 Å². The fourth-order valence-corrected chi connectivity index (χ4v) is 2.02. The van der Waals surface area contributed by atoms with E-state index in [0.29, 0.717) is 5.92 Å². The van der Waals surface area contributed by atoms with E-state index in [2.05, 4.69) is 32.0 Å². The Hall–Kier alpha value is -1.97. The Morgan fingerprint density at radius 1 is 1.33 bits per heavy atom. The van der Waals surface area contributed by atoms with Crippen LogP contribution in [0.15, 0.2) is 36.9 Å². The molecule has 0 atom stereocenters. The first kappa shape index (κ1) is 11.1. The van der Waals surface area contributed by atoms with E-state index < -0.39 is 0 Å². The maximum Gasteiger partial charge on any atom is 0.132 e. The van der Waals surface area contributed by atoms with Gasteiger partial charge in [0, 0.05) is 43.7 Å². The Balaban J connectivity index is 1.75. The molecular weight excluding hydrogens is 224 g/mol. The van der Waals surface area contributed by atoms with Gasteiger partial charge in [-0.05, 0) is 24.5 Å². The molecule has 0 unspecified atom stereocenters. The SMILES string of the molecule is CN(Cc1cccnc1)c1cc(C2CC2)ncn1. The molecule has 0 bridgehead atoms. The lowest BCUT2D eigenvalue weighted by molar-refractivity contribution is 0.872. The van der Waals surface area contributed by atoms with E-state index in [0.717, 1.165) is 12.4 Å². The summed E-state index contributed by atoms with van der Waals surface area (Å²) in [7, 11) is 2.05. The van der Waals surface area contributed by atoms with Gasteiger partial charge in [-0.25, -0.2) is 9.97 Å². The van der Waals surface area contributed by atoms with Crippen molar-refractivity contribution in [1.82, 2.24) is 15.0 Å². The Morgan fingerprint density at radius 2 is 2.22 bits per heavy atom. The molecule has 0 spiro atoms. The summed E-state index contributed by atoms with van der Waals surface area (Å²) in [5, 5.41) is 0. The van der Waals surface area contributed by atoms with Gasteiger partial charge in [-0.2, -0.15) is 0 Å². The molecule has 1 fully saturated rings. The molecule has 2 aromatic heterocycles. The van der Waals surface area contributed by atoms with Crippen molar-refractivity contribution in [3.05, 3.63) is 48.2 Å². The highest BCUT2D eigenvalue weighted by atomic mass is 15.2. The average molecular weight is 240 g/mol. The van der Waals surface area contributed by atoms with Crippen molar-refractivity contribution in [2.45, 2.75) is 25.3 Å². The Kier molecular flexibility index (Phi) is 2.92. The normalized spacial score (nSPS) is 14.5. The van der Waals surface area contributed by atoms with Gasteiger partial charge in [-0.1, -0.05) is 6.07 Å². The molecule has 1 aliphatic carbocycles. The Bertz CT molecular complexity index is 522. The molecule has 1 aliphatic rings. The molecule has 4 heteroatoms. The monoisotopic (exact) mass is 240 g/mol. The third kappa shape index (κ3) is 2.47. The zero-order chi connectivity index (χ0) is 12.4. The van der Waals surface area contributed by atoms with Crippen molar-refractivity contribution in [1.29, 1.82) is 0 Å². The maximum absolute atomic E-state index is 4.34. The first-order valence-electron chi connectivity index (χ1n) is 6.25. The first-order chi connectivity index (χ1) is 8.83. The van der Waals surface area contributed by atoms with Crippen LogP contribution in [-0.4, -0.2) is 22.0 Å². The zero-order valence-electron chi connectivity index (χ0n) is 10.5. The van der Waals surface area contributed by atoms with Crippen LogP contribution in [-0.2, 0) is 6.54 Å². The number of rotatable bonds is 4. The van der Waals surface area contributed by atoms with Crippen molar-refractivity contribution in [2.75, 3.05) is 11.9 Å². The van der Waals surface area contributed by atoms with Crippen LogP contribution in [0, 0.1) is 0 Å². The van der Waals surface area contributed by atoms with E-state index in [-0.39, 0.29) is 0 Å². The van der Waals surface area contributed by atoms with E-state index in [1.807, 2.05) is 19.3 Å². The van der Waals surface area contributed by atoms with Gasteiger partial charge in [0.1, 0.15) is 12.1 Å². The minimum atomic E-state index is 0.665. The molecule has 92 valence electrons. The van der Waals surface area contributed by atoms with E-state index in [1.54, 1.807) is 12.5 Å². The second-order valence-electron chi connectivity index (χ2n) is 4.79. The highest BCUT2D eigenvalue weighted by Gasteiger charge is 2.25. The standard InChI is InChI=1S/C14H16N4/c1-18(9-11-3-2-6-15-8-11)14-7-13(12-4-5-12)16-10-17-14/h2-3,6-8,10,12H,4-5,9H2,1H3. The van der Waals surface area contributed by atoms with Gasteiger partial charge in [-0.3, -0.25) is 4.98 Å². The summed E-state index contributed by atoms with van der Waals surface area (Å²) in [4.78, 5) is 14.9. The molecule has 0 amide bonds. The lowest BCUT2D eigenvalue weighted by atomic mass is 10.2. The van der Waals surface area contributed by atoms with E-state index in [9.17, 15) is 0 Å². The fraction of sp³-hybridized carbons (Fsp3) is 0.357. The van der Waals surface area contributed by atoms with Gasteiger partial charge in [0.15, 0.2) is 0 Å². The number of anilines is 1. The van der Waals surface area contributed by atoms with Crippen molar-refractivity contribution in [3.8, 4) is 0 Å². The van der Waals surface area contributed by atoms with Crippen LogP contribution in [0.2, 0.25) is 0 Å². The number of aromatic nitrogens is 3. The van der Waals surface area contributed by atoms with E-state index in [4.69, 9.17) is 0 Å². The number of nitrogens with zero attached hydrogens (tertiary/aromatic N) is 4. The number of hydrogen-bond donors (Lipinski definition) is 0. The third-order valence-electron chi connectivity index (χ3n) is 3.20. The average Bonchev–Trinajstić information content (AvgIpc) is 3.24. The molecule has 0 saturated heterocycles. The van der Waals surface area contributed by atoms with Crippen LogP contribution >= 0.6 is 0 Å². The smallest absolute Gasteiger partial charge is 0.132 e. The van der Waals surface area contributed by atoms with Crippen molar-refractivity contribution < 1.29 is 0 Å². The molecule has 3 rings (SSSR count). The molecule has 18 heavy (non-hydrogen) atoms. The molecular formula is C14H16N4. The van der Waals surface area contributed by atoms with E-state index in [1.165, 1.54) is 24.1 Å². The first-order valence-corrected chi connectivity index (χ1v) is 6.25.